The first-order chi connectivity index (χ1) is 14.7. The Balaban J connectivity index is 1.46. The first-order valence-corrected chi connectivity index (χ1v) is 10.3. The van der Waals surface area contributed by atoms with Gasteiger partial charge in [-0.25, -0.2) is 9.97 Å². The van der Waals surface area contributed by atoms with Crippen LogP contribution >= 0.6 is 11.3 Å². The van der Waals surface area contributed by atoms with Crippen molar-refractivity contribution in [1.82, 2.24) is 14.5 Å². The minimum atomic E-state index is 0.836. The van der Waals surface area contributed by atoms with Gasteiger partial charge in [0.1, 0.15) is 16.5 Å². The van der Waals surface area contributed by atoms with Crippen molar-refractivity contribution in [2.45, 2.75) is 0 Å². The number of aromatic nitrogens is 3. The van der Waals surface area contributed by atoms with Crippen LogP contribution in [0.4, 0.5) is 0 Å². The Bertz CT molecular complexity index is 1300. The highest BCUT2D eigenvalue weighted by Crippen LogP contribution is 2.33. The Labute approximate surface area is 178 Å². The summed E-state index contributed by atoms with van der Waals surface area (Å²) >= 11 is 1.66. The Kier molecular flexibility index (Phi) is 4.69. The summed E-state index contributed by atoms with van der Waals surface area (Å²) in [5.74, 6) is 1.68. The highest BCUT2D eigenvalue weighted by molar-refractivity contribution is 7.21. The molecular weight excluding hydrogens is 394 g/mol. The SMILES string of the molecule is COc1ccc(-c2cncn2-c2ccc(-c3nc4ccc(OC)cc4s3)cc2)cc1. The summed E-state index contributed by atoms with van der Waals surface area (Å²) in [7, 11) is 3.35. The molecule has 0 saturated carbocycles. The van der Waals surface area contributed by atoms with E-state index in [9.17, 15) is 0 Å². The van der Waals surface area contributed by atoms with Crippen LogP contribution in [0.2, 0.25) is 0 Å². The van der Waals surface area contributed by atoms with Crippen LogP contribution in [0, 0.1) is 0 Å². The van der Waals surface area contributed by atoms with E-state index in [1.54, 1.807) is 25.6 Å². The second kappa shape index (κ2) is 7.65. The quantitative estimate of drug-likeness (QED) is 0.364. The molecule has 5 nitrogen and oxygen atoms in total. The predicted octanol–water partition coefficient (Wildman–Crippen LogP) is 5.83. The molecule has 0 amide bonds. The number of fused-ring (bicyclic) bond motifs is 1. The fourth-order valence-electron chi connectivity index (χ4n) is 3.40. The molecule has 3 aromatic carbocycles. The van der Waals surface area contributed by atoms with Crippen molar-refractivity contribution in [3.63, 3.8) is 0 Å². The maximum Gasteiger partial charge on any atom is 0.124 e. The van der Waals surface area contributed by atoms with Gasteiger partial charge in [-0.15, -0.1) is 11.3 Å². The first kappa shape index (κ1) is 18.4. The van der Waals surface area contributed by atoms with E-state index in [0.717, 1.165) is 49.2 Å². The molecule has 30 heavy (non-hydrogen) atoms. The van der Waals surface area contributed by atoms with Gasteiger partial charge in [-0.2, -0.15) is 0 Å². The Hall–Kier alpha value is -3.64. The standard InChI is InChI=1S/C24H19N3O2S/c1-28-19-9-5-16(6-10-19)22-14-25-15-27(22)18-7-3-17(4-8-18)24-26-21-12-11-20(29-2)13-23(21)30-24/h3-15H,1-2H3. The third-order valence-corrected chi connectivity index (χ3v) is 6.08. The van der Waals surface area contributed by atoms with Gasteiger partial charge in [0.25, 0.3) is 0 Å². The molecule has 5 aromatic rings. The number of imidazole rings is 1. The van der Waals surface area contributed by atoms with E-state index in [1.807, 2.05) is 55.0 Å². The van der Waals surface area contributed by atoms with Crippen LogP contribution in [0.5, 0.6) is 11.5 Å². The number of nitrogens with zero attached hydrogens (tertiary/aromatic N) is 3. The van der Waals surface area contributed by atoms with Crippen LogP contribution in [0.15, 0.2) is 79.3 Å². The van der Waals surface area contributed by atoms with Gasteiger partial charge in [-0.1, -0.05) is 0 Å². The fraction of sp³-hybridized carbons (Fsp3) is 0.0833. The van der Waals surface area contributed by atoms with Crippen molar-refractivity contribution in [3.8, 4) is 39.0 Å². The molecule has 0 unspecified atom stereocenters. The van der Waals surface area contributed by atoms with Crippen LogP contribution in [0.3, 0.4) is 0 Å². The lowest BCUT2D eigenvalue weighted by atomic mass is 10.1. The normalized spacial score (nSPS) is 11.0. The van der Waals surface area contributed by atoms with Crippen molar-refractivity contribution in [1.29, 1.82) is 0 Å². The first-order valence-electron chi connectivity index (χ1n) is 9.47. The molecule has 0 aliphatic rings. The average Bonchev–Trinajstić information content (AvgIpc) is 3.46. The summed E-state index contributed by atoms with van der Waals surface area (Å²) in [4.78, 5) is 9.12. The van der Waals surface area contributed by atoms with Gasteiger partial charge in [0, 0.05) is 16.8 Å². The predicted molar refractivity (Wildman–Crippen MR) is 121 cm³/mol. The number of hydrogen-bond donors (Lipinski definition) is 0. The maximum absolute atomic E-state index is 5.32. The van der Waals surface area contributed by atoms with Crippen LogP contribution in [-0.2, 0) is 0 Å². The van der Waals surface area contributed by atoms with Crippen LogP contribution in [0.1, 0.15) is 0 Å². The highest BCUT2D eigenvalue weighted by atomic mass is 32.1. The number of benzene rings is 3. The lowest BCUT2D eigenvalue weighted by Crippen LogP contribution is -1.95. The molecule has 0 spiro atoms. The molecule has 0 bridgehead atoms. The van der Waals surface area contributed by atoms with E-state index in [1.165, 1.54) is 0 Å². The van der Waals surface area contributed by atoms with Gasteiger partial charge in [-0.3, -0.25) is 4.57 Å². The van der Waals surface area contributed by atoms with E-state index in [-0.39, 0.29) is 0 Å². The monoisotopic (exact) mass is 413 g/mol. The summed E-state index contributed by atoms with van der Waals surface area (Å²) < 4.78 is 13.8. The number of thiazole rings is 1. The third kappa shape index (κ3) is 3.31. The minimum absolute atomic E-state index is 0.836. The van der Waals surface area contributed by atoms with E-state index in [0.29, 0.717) is 0 Å². The molecule has 0 N–H and O–H groups in total. The van der Waals surface area contributed by atoms with Crippen molar-refractivity contribution in [2.24, 2.45) is 0 Å². The fourth-order valence-corrected chi connectivity index (χ4v) is 4.40. The lowest BCUT2D eigenvalue weighted by Gasteiger charge is -2.09. The molecule has 5 rings (SSSR count). The summed E-state index contributed by atoms with van der Waals surface area (Å²) in [5, 5.41) is 0.991. The maximum atomic E-state index is 5.32. The van der Waals surface area contributed by atoms with Crippen molar-refractivity contribution in [2.75, 3.05) is 14.2 Å². The number of rotatable bonds is 5. The van der Waals surface area contributed by atoms with Crippen LogP contribution < -0.4 is 9.47 Å². The zero-order chi connectivity index (χ0) is 20.5. The zero-order valence-electron chi connectivity index (χ0n) is 16.6. The summed E-state index contributed by atoms with van der Waals surface area (Å²) in [6, 6.07) is 22.3. The molecule has 2 aromatic heterocycles. The molecular formula is C24H19N3O2S. The summed E-state index contributed by atoms with van der Waals surface area (Å²) in [6.45, 7) is 0. The Morgan fingerprint density at radius 2 is 1.50 bits per heavy atom. The number of ether oxygens (including phenoxy) is 2. The lowest BCUT2D eigenvalue weighted by molar-refractivity contribution is 0.415. The molecule has 0 aliphatic carbocycles. The van der Waals surface area contributed by atoms with Gasteiger partial charge in [-0.05, 0) is 66.7 Å². The van der Waals surface area contributed by atoms with Gasteiger partial charge < -0.3 is 9.47 Å². The van der Waals surface area contributed by atoms with E-state index >= 15 is 0 Å². The molecule has 0 radical (unpaired) electrons. The Morgan fingerprint density at radius 1 is 0.800 bits per heavy atom. The smallest absolute Gasteiger partial charge is 0.124 e. The molecule has 0 atom stereocenters. The Morgan fingerprint density at radius 3 is 2.23 bits per heavy atom. The van der Waals surface area contributed by atoms with Crippen molar-refractivity contribution in [3.05, 3.63) is 79.3 Å². The third-order valence-electron chi connectivity index (χ3n) is 5.01. The summed E-state index contributed by atoms with van der Waals surface area (Å²) in [5.41, 5.74) is 5.22. The van der Waals surface area contributed by atoms with E-state index in [2.05, 4.69) is 33.8 Å². The molecule has 0 saturated heterocycles. The zero-order valence-corrected chi connectivity index (χ0v) is 17.4. The van der Waals surface area contributed by atoms with Crippen molar-refractivity contribution >= 4 is 21.6 Å². The van der Waals surface area contributed by atoms with Crippen LogP contribution in [-0.4, -0.2) is 28.8 Å². The largest absolute Gasteiger partial charge is 0.497 e. The number of hydrogen-bond acceptors (Lipinski definition) is 5. The van der Waals surface area contributed by atoms with Gasteiger partial charge in [0.05, 0.1) is 42.7 Å². The van der Waals surface area contributed by atoms with Gasteiger partial charge in [0.15, 0.2) is 0 Å². The summed E-state index contributed by atoms with van der Waals surface area (Å²) in [6.07, 6.45) is 3.70. The second-order valence-corrected chi connectivity index (χ2v) is 7.81. The van der Waals surface area contributed by atoms with Gasteiger partial charge in [0.2, 0.25) is 0 Å². The molecule has 148 valence electrons. The molecule has 6 heteroatoms. The molecule has 0 fully saturated rings. The minimum Gasteiger partial charge on any atom is -0.497 e. The second-order valence-electron chi connectivity index (χ2n) is 6.78. The topological polar surface area (TPSA) is 49.2 Å². The van der Waals surface area contributed by atoms with Gasteiger partial charge >= 0.3 is 0 Å². The van der Waals surface area contributed by atoms with E-state index < -0.39 is 0 Å². The van der Waals surface area contributed by atoms with E-state index in [4.69, 9.17) is 14.5 Å². The average molecular weight is 414 g/mol. The van der Waals surface area contributed by atoms with Crippen LogP contribution in [0.25, 0.3) is 37.7 Å². The highest BCUT2D eigenvalue weighted by Gasteiger charge is 2.10. The molecule has 0 aliphatic heterocycles. The van der Waals surface area contributed by atoms with Crippen molar-refractivity contribution < 1.29 is 9.47 Å². The number of methoxy groups -OCH3 is 2. The molecule has 2 heterocycles.